The van der Waals surface area contributed by atoms with Crippen LogP contribution in [-0.4, -0.2) is 29.4 Å². The van der Waals surface area contributed by atoms with Gasteiger partial charge in [0.05, 0.1) is 6.61 Å². The van der Waals surface area contributed by atoms with Gasteiger partial charge >= 0.3 is 5.97 Å². The minimum absolute atomic E-state index is 0.0383. The molecule has 2 N–H and O–H groups in total. The molecule has 4 nitrogen and oxygen atoms in total. The van der Waals surface area contributed by atoms with Gasteiger partial charge in [-0.1, -0.05) is 19.1 Å². The Bertz CT molecular complexity index is 310. The van der Waals surface area contributed by atoms with E-state index in [1.807, 2.05) is 6.92 Å². The summed E-state index contributed by atoms with van der Waals surface area (Å²) in [6.45, 7) is 4.23. The number of carbonyl (C=O) groups is 1. The second-order valence-electron chi connectivity index (χ2n) is 2.97. The van der Waals surface area contributed by atoms with Gasteiger partial charge in [0, 0.05) is 6.61 Å². The van der Waals surface area contributed by atoms with Crippen molar-refractivity contribution < 1.29 is 19.7 Å². The summed E-state index contributed by atoms with van der Waals surface area (Å²) in [6, 6.07) is 6.34. The van der Waals surface area contributed by atoms with Crippen LogP contribution in [0, 0.1) is 0 Å². The molecule has 0 spiro atoms. The molecule has 1 aromatic rings. The maximum Gasteiger partial charge on any atom is 0.341 e. The van der Waals surface area contributed by atoms with E-state index < -0.39 is 5.97 Å². The molecule has 0 aliphatic rings. The summed E-state index contributed by atoms with van der Waals surface area (Å²) in [6.07, 6.45) is 0.777. The van der Waals surface area contributed by atoms with Crippen LogP contribution in [0.2, 0.25) is 0 Å². The zero-order valence-electron chi connectivity index (χ0n) is 9.64. The van der Waals surface area contributed by atoms with E-state index in [0.717, 1.165) is 6.42 Å². The standard InChI is InChI=1S/C10H12O3.C2H6O/c1-2-7-13-10(12)8-5-3-4-6-9(8)11;1-2-3/h3-6,11H,2,7H2,1H3;3H,2H2,1H3. The zero-order valence-corrected chi connectivity index (χ0v) is 9.64. The third-order valence-electron chi connectivity index (χ3n) is 1.56. The molecule has 0 saturated carbocycles. The van der Waals surface area contributed by atoms with Gasteiger partial charge in [-0.2, -0.15) is 0 Å². The van der Waals surface area contributed by atoms with E-state index in [1.165, 1.54) is 12.1 Å². The van der Waals surface area contributed by atoms with Gasteiger partial charge in [0.25, 0.3) is 0 Å². The number of ether oxygens (including phenoxy) is 1. The SMILES string of the molecule is CCCOC(=O)c1ccccc1O.CCO. The quantitative estimate of drug-likeness (QED) is 0.773. The lowest BCUT2D eigenvalue weighted by molar-refractivity contribution is 0.0502. The summed E-state index contributed by atoms with van der Waals surface area (Å²) in [5, 5.41) is 16.8. The molecule has 0 aromatic heterocycles. The second-order valence-corrected chi connectivity index (χ2v) is 2.97. The van der Waals surface area contributed by atoms with Gasteiger partial charge in [0.15, 0.2) is 0 Å². The Kier molecular flexibility index (Phi) is 7.89. The molecular formula is C12H18O4. The monoisotopic (exact) mass is 226 g/mol. The summed E-state index contributed by atoms with van der Waals surface area (Å²) < 4.78 is 4.86. The number of rotatable bonds is 3. The number of carbonyl (C=O) groups excluding carboxylic acids is 1. The van der Waals surface area contributed by atoms with Crippen molar-refractivity contribution in [2.75, 3.05) is 13.2 Å². The van der Waals surface area contributed by atoms with Crippen LogP contribution in [0.1, 0.15) is 30.6 Å². The number of hydrogen-bond donors (Lipinski definition) is 2. The van der Waals surface area contributed by atoms with Crippen LogP contribution >= 0.6 is 0 Å². The Balaban J connectivity index is 0.000000673. The highest BCUT2D eigenvalue weighted by atomic mass is 16.5. The van der Waals surface area contributed by atoms with E-state index in [4.69, 9.17) is 9.84 Å². The van der Waals surface area contributed by atoms with Crippen LogP contribution < -0.4 is 0 Å². The predicted molar refractivity (Wildman–Crippen MR) is 61.4 cm³/mol. The third-order valence-corrected chi connectivity index (χ3v) is 1.56. The third kappa shape index (κ3) is 5.36. The molecule has 0 aliphatic carbocycles. The lowest BCUT2D eigenvalue weighted by Crippen LogP contribution is -2.05. The van der Waals surface area contributed by atoms with Crippen LogP contribution in [0.5, 0.6) is 5.75 Å². The average Bonchev–Trinajstić information content (AvgIpc) is 2.27. The number of aliphatic hydroxyl groups excluding tert-OH is 1. The van der Waals surface area contributed by atoms with Gasteiger partial charge in [-0.3, -0.25) is 0 Å². The molecule has 0 saturated heterocycles. The Morgan fingerprint density at radius 1 is 1.31 bits per heavy atom. The van der Waals surface area contributed by atoms with E-state index in [-0.39, 0.29) is 17.9 Å². The Labute approximate surface area is 95.5 Å². The molecule has 0 aliphatic heterocycles. The molecule has 4 heteroatoms. The first kappa shape index (κ1) is 14.5. The highest BCUT2D eigenvalue weighted by Crippen LogP contribution is 2.16. The van der Waals surface area contributed by atoms with Crippen molar-refractivity contribution in [3.8, 4) is 5.75 Å². The van der Waals surface area contributed by atoms with Crippen LogP contribution in [0.4, 0.5) is 0 Å². The first-order chi connectivity index (χ1) is 7.67. The van der Waals surface area contributed by atoms with Crippen molar-refractivity contribution in [3.05, 3.63) is 29.8 Å². The van der Waals surface area contributed by atoms with Crippen molar-refractivity contribution >= 4 is 5.97 Å². The molecule has 16 heavy (non-hydrogen) atoms. The minimum Gasteiger partial charge on any atom is -0.507 e. The summed E-state index contributed by atoms with van der Waals surface area (Å²) in [7, 11) is 0. The van der Waals surface area contributed by atoms with Crippen LogP contribution in [0.25, 0.3) is 0 Å². The number of phenolic OH excluding ortho intramolecular Hbond substituents is 1. The molecule has 0 fully saturated rings. The lowest BCUT2D eigenvalue weighted by atomic mass is 10.2. The summed E-state index contributed by atoms with van der Waals surface area (Å²) >= 11 is 0. The number of aromatic hydroxyl groups is 1. The molecule has 0 atom stereocenters. The number of aliphatic hydroxyl groups is 1. The minimum atomic E-state index is -0.472. The van der Waals surface area contributed by atoms with Crippen LogP contribution in [0.3, 0.4) is 0 Å². The van der Waals surface area contributed by atoms with Gasteiger partial charge in [0.2, 0.25) is 0 Å². The van der Waals surface area contributed by atoms with E-state index in [2.05, 4.69) is 0 Å². The van der Waals surface area contributed by atoms with Gasteiger partial charge in [-0.15, -0.1) is 0 Å². The molecule has 0 heterocycles. The highest BCUT2D eigenvalue weighted by Gasteiger charge is 2.10. The van der Waals surface area contributed by atoms with Crippen molar-refractivity contribution in [1.82, 2.24) is 0 Å². The van der Waals surface area contributed by atoms with Gasteiger partial charge in [-0.25, -0.2) is 4.79 Å². The molecular weight excluding hydrogens is 208 g/mol. The topological polar surface area (TPSA) is 66.8 Å². The maximum atomic E-state index is 11.2. The summed E-state index contributed by atoms with van der Waals surface area (Å²) in [5.74, 6) is -0.511. The summed E-state index contributed by atoms with van der Waals surface area (Å²) in [4.78, 5) is 11.2. The van der Waals surface area contributed by atoms with E-state index in [1.54, 1.807) is 19.1 Å². The molecule has 0 radical (unpaired) electrons. The van der Waals surface area contributed by atoms with Gasteiger partial charge < -0.3 is 14.9 Å². The first-order valence-corrected chi connectivity index (χ1v) is 5.23. The van der Waals surface area contributed by atoms with Crippen molar-refractivity contribution in [2.24, 2.45) is 0 Å². The molecule has 0 amide bonds. The molecule has 0 bridgehead atoms. The molecule has 1 rings (SSSR count). The summed E-state index contributed by atoms with van der Waals surface area (Å²) in [5.41, 5.74) is 0.218. The van der Waals surface area contributed by atoms with E-state index in [0.29, 0.717) is 6.61 Å². The maximum absolute atomic E-state index is 11.2. The zero-order chi connectivity index (χ0) is 12.4. The van der Waals surface area contributed by atoms with Crippen LogP contribution in [-0.2, 0) is 4.74 Å². The Morgan fingerprint density at radius 3 is 2.38 bits per heavy atom. The van der Waals surface area contributed by atoms with E-state index >= 15 is 0 Å². The van der Waals surface area contributed by atoms with Crippen molar-refractivity contribution in [2.45, 2.75) is 20.3 Å². The number of benzene rings is 1. The van der Waals surface area contributed by atoms with Crippen LogP contribution in [0.15, 0.2) is 24.3 Å². The highest BCUT2D eigenvalue weighted by molar-refractivity contribution is 5.92. The first-order valence-electron chi connectivity index (χ1n) is 5.23. The largest absolute Gasteiger partial charge is 0.507 e. The Hall–Kier alpha value is -1.55. The normalized spacial score (nSPS) is 8.94. The molecule has 1 aromatic carbocycles. The average molecular weight is 226 g/mol. The smallest absolute Gasteiger partial charge is 0.341 e. The van der Waals surface area contributed by atoms with Crippen molar-refractivity contribution in [1.29, 1.82) is 0 Å². The Morgan fingerprint density at radius 2 is 1.88 bits per heavy atom. The van der Waals surface area contributed by atoms with Gasteiger partial charge in [-0.05, 0) is 25.5 Å². The lowest BCUT2D eigenvalue weighted by Gasteiger charge is -2.03. The number of hydrogen-bond acceptors (Lipinski definition) is 4. The van der Waals surface area contributed by atoms with Crippen molar-refractivity contribution in [3.63, 3.8) is 0 Å². The van der Waals surface area contributed by atoms with E-state index in [9.17, 15) is 9.90 Å². The fraction of sp³-hybridized carbons (Fsp3) is 0.417. The predicted octanol–water partition coefficient (Wildman–Crippen LogP) is 1.96. The fourth-order valence-electron chi connectivity index (χ4n) is 0.919. The molecule has 0 unspecified atom stereocenters. The fourth-order valence-corrected chi connectivity index (χ4v) is 0.919. The number of phenols is 1. The number of para-hydroxylation sites is 1. The molecule has 90 valence electrons. The second kappa shape index (κ2) is 8.73. The van der Waals surface area contributed by atoms with Gasteiger partial charge in [0.1, 0.15) is 11.3 Å². The number of esters is 1.